The Kier molecular flexibility index (Phi) is 2.03. The lowest BCUT2D eigenvalue weighted by Gasteiger charge is -2.01. The third-order valence-corrected chi connectivity index (χ3v) is 4.18. The van der Waals surface area contributed by atoms with Gasteiger partial charge in [0.25, 0.3) is 0 Å². The van der Waals surface area contributed by atoms with Crippen LogP contribution in [0.5, 0.6) is 0 Å². The van der Waals surface area contributed by atoms with Crippen molar-refractivity contribution in [1.29, 1.82) is 0 Å². The Labute approximate surface area is 125 Å². The third-order valence-electron chi connectivity index (χ3n) is 4.18. The number of aromatic nitrogens is 4. The normalized spacial score (nSPS) is 12.1. The van der Waals surface area contributed by atoms with Crippen molar-refractivity contribution >= 4 is 38.5 Å². The molecular formula is C17H12N4O. The van der Waals surface area contributed by atoms with E-state index in [0.717, 1.165) is 39.2 Å². The summed E-state index contributed by atoms with van der Waals surface area (Å²) in [5.41, 5.74) is 3.09. The van der Waals surface area contributed by atoms with Crippen LogP contribution in [0.25, 0.3) is 38.5 Å². The van der Waals surface area contributed by atoms with Crippen LogP contribution >= 0.6 is 0 Å². The predicted molar refractivity (Wildman–Crippen MR) is 85.0 cm³/mol. The van der Waals surface area contributed by atoms with Crippen molar-refractivity contribution < 1.29 is 4.42 Å². The number of fused-ring (bicyclic) bond motifs is 7. The molecule has 0 spiro atoms. The van der Waals surface area contributed by atoms with Gasteiger partial charge in [-0.15, -0.1) is 10.2 Å². The monoisotopic (exact) mass is 288 g/mol. The lowest BCUT2D eigenvalue weighted by Crippen LogP contribution is -1.97. The Morgan fingerprint density at radius 2 is 1.82 bits per heavy atom. The van der Waals surface area contributed by atoms with Crippen molar-refractivity contribution in [2.45, 2.75) is 13.8 Å². The minimum Gasteiger partial charge on any atom is -0.450 e. The first-order valence-electron chi connectivity index (χ1n) is 7.16. The van der Waals surface area contributed by atoms with Crippen molar-refractivity contribution in [2.75, 3.05) is 0 Å². The highest BCUT2D eigenvalue weighted by molar-refractivity contribution is 6.19. The van der Waals surface area contributed by atoms with Crippen molar-refractivity contribution in [1.82, 2.24) is 19.6 Å². The summed E-state index contributed by atoms with van der Waals surface area (Å²) < 4.78 is 7.98. The highest BCUT2D eigenvalue weighted by atomic mass is 16.3. The molecule has 5 aromatic rings. The van der Waals surface area contributed by atoms with Gasteiger partial charge in [-0.25, -0.2) is 4.98 Å². The van der Waals surface area contributed by atoms with Crippen LogP contribution in [0.4, 0.5) is 0 Å². The molecule has 5 rings (SSSR count). The summed E-state index contributed by atoms with van der Waals surface area (Å²) in [7, 11) is 0. The van der Waals surface area contributed by atoms with E-state index in [-0.39, 0.29) is 0 Å². The number of nitrogens with zero attached hydrogens (tertiary/aromatic N) is 4. The molecule has 0 unspecified atom stereocenters. The number of rotatable bonds is 0. The molecule has 0 saturated heterocycles. The zero-order valence-corrected chi connectivity index (χ0v) is 12.2. The van der Waals surface area contributed by atoms with Gasteiger partial charge >= 0.3 is 0 Å². The van der Waals surface area contributed by atoms with Crippen molar-refractivity contribution in [3.8, 4) is 0 Å². The summed E-state index contributed by atoms with van der Waals surface area (Å²) in [6, 6.07) is 12.3. The van der Waals surface area contributed by atoms with E-state index in [9.17, 15) is 0 Å². The number of benzene rings is 2. The Bertz CT molecular complexity index is 1200. The fourth-order valence-electron chi connectivity index (χ4n) is 3.22. The number of aryl methyl sites for hydroxylation is 2. The molecular weight excluding hydrogens is 276 g/mol. The molecule has 0 aliphatic rings. The molecule has 3 aromatic heterocycles. The summed E-state index contributed by atoms with van der Waals surface area (Å²) in [5, 5.41) is 11.8. The van der Waals surface area contributed by atoms with Gasteiger partial charge in [-0.1, -0.05) is 30.3 Å². The fourth-order valence-corrected chi connectivity index (χ4v) is 3.22. The van der Waals surface area contributed by atoms with E-state index in [1.807, 2.05) is 36.4 Å². The lowest BCUT2D eigenvalue weighted by atomic mass is 10.1. The fraction of sp³-hybridized carbons (Fsp3) is 0.118. The van der Waals surface area contributed by atoms with E-state index in [1.54, 1.807) is 0 Å². The lowest BCUT2D eigenvalue weighted by molar-refractivity contribution is 0.667. The first-order valence-corrected chi connectivity index (χ1v) is 7.16. The Balaban J connectivity index is 2.13. The average Bonchev–Trinajstić information content (AvgIpc) is 3.09. The van der Waals surface area contributed by atoms with Crippen LogP contribution in [-0.2, 0) is 0 Å². The maximum Gasteiger partial charge on any atom is 0.207 e. The van der Waals surface area contributed by atoms with E-state index < -0.39 is 0 Å². The van der Waals surface area contributed by atoms with E-state index in [2.05, 4.69) is 28.4 Å². The second-order valence-corrected chi connectivity index (χ2v) is 5.50. The van der Waals surface area contributed by atoms with E-state index >= 15 is 0 Å². The van der Waals surface area contributed by atoms with Gasteiger partial charge in [-0.05, 0) is 30.7 Å². The summed E-state index contributed by atoms with van der Waals surface area (Å²) >= 11 is 0. The van der Waals surface area contributed by atoms with Gasteiger partial charge in [-0.2, -0.15) is 0 Å². The van der Waals surface area contributed by atoms with Crippen LogP contribution in [0, 0.1) is 13.8 Å². The largest absolute Gasteiger partial charge is 0.450 e. The van der Waals surface area contributed by atoms with Gasteiger partial charge in [0.05, 0.1) is 5.39 Å². The Hall–Kier alpha value is -2.95. The Morgan fingerprint density at radius 3 is 2.73 bits per heavy atom. The van der Waals surface area contributed by atoms with E-state index in [0.29, 0.717) is 5.58 Å². The maximum atomic E-state index is 6.06. The molecule has 0 N–H and O–H groups in total. The van der Waals surface area contributed by atoms with Crippen LogP contribution < -0.4 is 0 Å². The highest BCUT2D eigenvalue weighted by Gasteiger charge is 2.18. The topological polar surface area (TPSA) is 56.2 Å². The standard InChI is InChI=1S/C17H12N4O/c1-9-18-15-14-12-6-4-3-5-11(12)7-8-13(14)22-16(15)17-20-19-10(2)21(9)17/h3-8H,1-2H3. The summed E-state index contributed by atoms with van der Waals surface area (Å²) in [6.07, 6.45) is 0. The van der Waals surface area contributed by atoms with Crippen LogP contribution in [0.2, 0.25) is 0 Å². The second kappa shape index (κ2) is 3.82. The van der Waals surface area contributed by atoms with E-state index in [4.69, 9.17) is 9.40 Å². The van der Waals surface area contributed by atoms with Gasteiger partial charge in [0.2, 0.25) is 5.65 Å². The molecule has 0 fully saturated rings. The van der Waals surface area contributed by atoms with Crippen LogP contribution in [-0.4, -0.2) is 19.6 Å². The van der Waals surface area contributed by atoms with Crippen molar-refractivity contribution in [3.63, 3.8) is 0 Å². The van der Waals surface area contributed by atoms with Gasteiger partial charge in [-0.3, -0.25) is 4.40 Å². The SMILES string of the molecule is Cc1nnc2c3oc4ccc5ccccc5c4c3nc(C)n12. The molecule has 0 radical (unpaired) electrons. The molecule has 2 aromatic carbocycles. The molecule has 0 aliphatic heterocycles. The highest BCUT2D eigenvalue weighted by Crippen LogP contribution is 2.35. The van der Waals surface area contributed by atoms with Gasteiger partial charge < -0.3 is 4.42 Å². The molecule has 0 aliphatic carbocycles. The number of furan rings is 1. The molecule has 5 nitrogen and oxygen atoms in total. The summed E-state index contributed by atoms with van der Waals surface area (Å²) in [4.78, 5) is 4.76. The molecule has 0 amide bonds. The van der Waals surface area contributed by atoms with E-state index in [1.165, 1.54) is 5.39 Å². The summed E-state index contributed by atoms with van der Waals surface area (Å²) in [5.74, 6) is 1.67. The minimum atomic E-state index is 0.692. The molecule has 0 atom stereocenters. The molecule has 22 heavy (non-hydrogen) atoms. The van der Waals surface area contributed by atoms with Crippen LogP contribution in [0.3, 0.4) is 0 Å². The maximum absolute atomic E-state index is 6.06. The molecule has 5 heteroatoms. The minimum absolute atomic E-state index is 0.692. The predicted octanol–water partition coefficient (Wildman–Crippen LogP) is 3.79. The van der Waals surface area contributed by atoms with Crippen molar-refractivity contribution in [3.05, 3.63) is 48.0 Å². The molecule has 0 saturated carbocycles. The third kappa shape index (κ3) is 1.30. The number of hydrogen-bond acceptors (Lipinski definition) is 4. The van der Waals surface area contributed by atoms with Gasteiger partial charge in [0.15, 0.2) is 5.58 Å². The molecule has 0 bridgehead atoms. The van der Waals surface area contributed by atoms with Crippen molar-refractivity contribution in [2.24, 2.45) is 0 Å². The Morgan fingerprint density at radius 1 is 0.955 bits per heavy atom. The second-order valence-electron chi connectivity index (χ2n) is 5.50. The van der Waals surface area contributed by atoms with Gasteiger partial charge in [0.1, 0.15) is 22.7 Å². The average molecular weight is 288 g/mol. The number of hydrogen-bond donors (Lipinski definition) is 0. The first-order chi connectivity index (χ1) is 10.7. The zero-order valence-electron chi connectivity index (χ0n) is 12.2. The summed E-state index contributed by atoms with van der Waals surface area (Å²) in [6.45, 7) is 3.88. The zero-order chi connectivity index (χ0) is 14.8. The quantitative estimate of drug-likeness (QED) is 0.435. The molecule has 3 heterocycles. The van der Waals surface area contributed by atoms with Crippen LogP contribution in [0.15, 0.2) is 40.8 Å². The van der Waals surface area contributed by atoms with Gasteiger partial charge in [0, 0.05) is 0 Å². The smallest absolute Gasteiger partial charge is 0.207 e. The van der Waals surface area contributed by atoms with Crippen LogP contribution in [0.1, 0.15) is 11.6 Å². The molecule has 106 valence electrons. The first kappa shape index (κ1) is 11.7.